The zero-order valence-electron chi connectivity index (χ0n) is 11.0. The Kier molecular flexibility index (Phi) is 5.98. The maximum Gasteiger partial charge on any atom is 0.330 e. The molecule has 0 aliphatic rings. The first-order valence-corrected chi connectivity index (χ1v) is 6.20. The van der Waals surface area contributed by atoms with Gasteiger partial charge >= 0.3 is 5.97 Å². The molecule has 0 heterocycles. The SMILES string of the molecule is C=CC(=O)OC(C)COc1ccc(CCC)cc1. The van der Waals surface area contributed by atoms with Gasteiger partial charge in [-0.15, -0.1) is 0 Å². The summed E-state index contributed by atoms with van der Waals surface area (Å²) in [7, 11) is 0. The molecule has 0 radical (unpaired) electrons. The molecule has 1 unspecified atom stereocenters. The molecule has 98 valence electrons. The molecular formula is C15H20O3. The van der Waals surface area contributed by atoms with Gasteiger partial charge in [0.1, 0.15) is 18.5 Å². The molecule has 1 rings (SSSR count). The van der Waals surface area contributed by atoms with Crippen molar-refractivity contribution in [3.05, 3.63) is 42.5 Å². The zero-order valence-corrected chi connectivity index (χ0v) is 11.0. The third-order valence-electron chi connectivity index (χ3n) is 2.43. The lowest BCUT2D eigenvalue weighted by Gasteiger charge is -2.13. The number of esters is 1. The van der Waals surface area contributed by atoms with Crippen molar-refractivity contribution in [2.75, 3.05) is 6.61 Å². The van der Waals surface area contributed by atoms with E-state index in [0.717, 1.165) is 24.7 Å². The van der Waals surface area contributed by atoms with Gasteiger partial charge in [0.05, 0.1) is 0 Å². The summed E-state index contributed by atoms with van der Waals surface area (Å²) < 4.78 is 10.5. The van der Waals surface area contributed by atoms with Crippen LogP contribution in [0.15, 0.2) is 36.9 Å². The molecule has 3 nitrogen and oxygen atoms in total. The van der Waals surface area contributed by atoms with E-state index in [0.29, 0.717) is 6.61 Å². The molecule has 0 N–H and O–H groups in total. The van der Waals surface area contributed by atoms with E-state index in [1.54, 1.807) is 6.92 Å². The lowest BCUT2D eigenvalue weighted by Crippen LogP contribution is -2.20. The van der Waals surface area contributed by atoms with Crippen LogP contribution in [-0.4, -0.2) is 18.7 Å². The van der Waals surface area contributed by atoms with Crippen molar-refractivity contribution in [3.8, 4) is 5.75 Å². The van der Waals surface area contributed by atoms with Gasteiger partial charge in [-0.1, -0.05) is 32.1 Å². The first-order valence-electron chi connectivity index (χ1n) is 6.20. The van der Waals surface area contributed by atoms with Gasteiger partial charge < -0.3 is 9.47 Å². The Morgan fingerprint density at radius 3 is 2.61 bits per heavy atom. The van der Waals surface area contributed by atoms with E-state index in [2.05, 4.69) is 25.6 Å². The predicted molar refractivity (Wildman–Crippen MR) is 71.7 cm³/mol. The van der Waals surface area contributed by atoms with Crippen molar-refractivity contribution >= 4 is 5.97 Å². The van der Waals surface area contributed by atoms with Gasteiger partial charge in [-0.25, -0.2) is 4.79 Å². The van der Waals surface area contributed by atoms with Gasteiger partial charge in [-0.05, 0) is 31.0 Å². The molecule has 0 aliphatic heterocycles. The van der Waals surface area contributed by atoms with E-state index in [4.69, 9.17) is 9.47 Å². The number of carbonyl (C=O) groups excluding carboxylic acids is 1. The van der Waals surface area contributed by atoms with Gasteiger partial charge in [0.25, 0.3) is 0 Å². The standard InChI is InChI=1S/C15H20O3/c1-4-6-13-7-9-14(10-8-13)17-11-12(3)18-15(16)5-2/h5,7-10,12H,2,4,6,11H2,1,3H3. The Balaban J connectivity index is 2.38. The van der Waals surface area contributed by atoms with Gasteiger partial charge in [-0.3, -0.25) is 0 Å². The first-order chi connectivity index (χ1) is 8.65. The van der Waals surface area contributed by atoms with Crippen molar-refractivity contribution in [1.82, 2.24) is 0 Å². The average molecular weight is 248 g/mol. The fourth-order valence-corrected chi connectivity index (χ4v) is 1.54. The van der Waals surface area contributed by atoms with Crippen LogP contribution in [-0.2, 0) is 16.0 Å². The van der Waals surface area contributed by atoms with Crippen LogP contribution >= 0.6 is 0 Å². The summed E-state index contributed by atoms with van der Waals surface area (Å²) in [5.74, 6) is 0.362. The summed E-state index contributed by atoms with van der Waals surface area (Å²) in [6.45, 7) is 7.62. The monoisotopic (exact) mass is 248 g/mol. The van der Waals surface area contributed by atoms with E-state index in [1.165, 1.54) is 5.56 Å². The fraction of sp³-hybridized carbons (Fsp3) is 0.400. The maximum absolute atomic E-state index is 11.0. The summed E-state index contributed by atoms with van der Waals surface area (Å²) >= 11 is 0. The second kappa shape index (κ2) is 7.54. The van der Waals surface area contributed by atoms with Crippen molar-refractivity contribution in [2.45, 2.75) is 32.8 Å². The number of hydrogen-bond acceptors (Lipinski definition) is 3. The molecule has 1 aromatic rings. The highest BCUT2D eigenvalue weighted by molar-refractivity contribution is 5.81. The van der Waals surface area contributed by atoms with Crippen molar-refractivity contribution in [2.24, 2.45) is 0 Å². The molecule has 0 fully saturated rings. The topological polar surface area (TPSA) is 35.5 Å². The second-order valence-electron chi connectivity index (χ2n) is 4.16. The number of aryl methyl sites for hydroxylation is 1. The molecule has 0 saturated heterocycles. The van der Waals surface area contributed by atoms with Crippen LogP contribution in [0.25, 0.3) is 0 Å². The largest absolute Gasteiger partial charge is 0.490 e. The summed E-state index contributed by atoms with van der Waals surface area (Å²) in [5.41, 5.74) is 1.30. The van der Waals surface area contributed by atoms with Gasteiger partial charge in [-0.2, -0.15) is 0 Å². The molecule has 0 saturated carbocycles. The highest BCUT2D eigenvalue weighted by atomic mass is 16.6. The molecule has 0 bridgehead atoms. The summed E-state index contributed by atoms with van der Waals surface area (Å²) in [6.07, 6.45) is 3.07. The van der Waals surface area contributed by atoms with E-state index >= 15 is 0 Å². The number of benzene rings is 1. The lowest BCUT2D eigenvalue weighted by atomic mass is 10.1. The van der Waals surface area contributed by atoms with E-state index < -0.39 is 5.97 Å². The molecule has 1 aromatic carbocycles. The summed E-state index contributed by atoms with van der Waals surface area (Å²) in [6, 6.07) is 7.98. The van der Waals surface area contributed by atoms with Crippen LogP contribution in [0, 0.1) is 0 Å². The van der Waals surface area contributed by atoms with Crippen LogP contribution in [0.3, 0.4) is 0 Å². The lowest BCUT2D eigenvalue weighted by molar-refractivity contribution is -0.143. The van der Waals surface area contributed by atoms with Crippen LogP contribution in [0.5, 0.6) is 5.75 Å². The van der Waals surface area contributed by atoms with Crippen LogP contribution in [0.1, 0.15) is 25.8 Å². The van der Waals surface area contributed by atoms with Crippen LogP contribution < -0.4 is 4.74 Å². The zero-order chi connectivity index (χ0) is 13.4. The maximum atomic E-state index is 11.0. The van der Waals surface area contributed by atoms with Crippen molar-refractivity contribution < 1.29 is 14.3 Å². The predicted octanol–water partition coefficient (Wildman–Crippen LogP) is 3.14. The fourth-order valence-electron chi connectivity index (χ4n) is 1.54. The molecule has 0 amide bonds. The molecule has 18 heavy (non-hydrogen) atoms. The quantitative estimate of drug-likeness (QED) is 0.549. The molecule has 0 spiro atoms. The van der Waals surface area contributed by atoms with Gasteiger partial charge in [0.2, 0.25) is 0 Å². The normalized spacial score (nSPS) is 11.7. The Labute approximate surface area is 108 Å². The Bertz CT molecular complexity index is 381. The van der Waals surface area contributed by atoms with Gasteiger partial charge in [0, 0.05) is 6.08 Å². The number of hydrogen-bond donors (Lipinski definition) is 0. The third-order valence-corrected chi connectivity index (χ3v) is 2.43. The smallest absolute Gasteiger partial charge is 0.330 e. The van der Waals surface area contributed by atoms with Crippen LogP contribution in [0.4, 0.5) is 0 Å². The highest BCUT2D eigenvalue weighted by Crippen LogP contribution is 2.13. The molecule has 0 aliphatic carbocycles. The minimum atomic E-state index is -0.426. The second-order valence-corrected chi connectivity index (χ2v) is 4.16. The third kappa shape index (κ3) is 5.04. The number of carbonyl (C=O) groups is 1. The number of ether oxygens (including phenoxy) is 2. The highest BCUT2D eigenvalue weighted by Gasteiger charge is 2.07. The van der Waals surface area contributed by atoms with Crippen LogP contribution in [0.2, 0.25) is 0 Å². The van der Waals surface area contributed by atoms with Gasteiger partial charge in [0.15, 0.2) is 0 Å². The molecule has 1 atom stereocenters. The Morgan fingerprint density at radius 1 is 1.39 bits per heavy atom. The number of rotatable bonds is 7. The summed E-state index contributed by atoms with van der Waals surface area (Å²) in [4.78, 5) is 11.0. The van der Waals surface area contributed by atoms with E-state index in [9.17, 15) is 4.79 Å². The minimum Gasteiger partial charge on any atom is -0.490 e. The van der Waals surface area contributed by atoms with Crippen molar-refractivity contribution in [1.29, 1.82) is 0 Å². The molecular weight excluding hydrogens is 228 g/mol. The van der Waals surface area contributed by atoms with E-state index in [1.807, 2.05) is 12.1 Å². The Hall–Kier alpha value is -1.77. The average Bonchev–Trinajstić information content (AvgIpc) is 2.38. The van der Waals surface area contributed by atoms with E-state index in [-0.39, 0.29) is 6.10 Å². The van der Waals surface area contributed by atoms with Crippen molar-refractivity contribution in [3.63, 3.8) is 0 Å². The first kappa shape index (κ1) is 14.3. The molecule has 3 heteroatoms. The summed E-state index contributed by atoms with van der Waals surface area (Å²) in [5, 5.41) is 0. The molecule has 0 aromatic heterocycles. The minimum absolute atomic E-state index is 0.286. The Morgan fingerprint density at radius 2 is 2.06 bits per heavy atom.